The maximum absolute atomic E-state index is 11.3. The van der Waals surface area contributed by atoms with Gasteiger partial charge in [0, 0.05) is 5.57 Å². The van der Waals surface area contributed by atoms with Gasteiger partial charge in [0.2, 0.25) is 6.29 Å². The fourth-order valence-electron chi connectivity index (χ4n) is 1.41. The van der Waals surface area contributed by atoms with E-state index in [9.17, 15) is 15.0 Å². The summed E-state index contributed by atoms with van der Waals surface area (Å²) in [5.41, 5.74) is 0.634. The molecule has 0 amide bonds. The van der Waals surface area contributed by atoms with E-state index >= 15 is 0 Å². The first kappa shape index (κ1) is 11.2. The SMILES string of the molecule is CC[C@H](C)[C@@H](O)C1=C(C)C(O)OC1=O. The Morgan fingerprint density at radius 1 is 1.57 bits per heavy atom. The lowest BCUT2D eigenvalue weighted by Crippen LogP contribution is -2.23. The van der Waals surface area contributed by atoms with Gasteiger partial charge in [-0.2, -0.15) is 0 Å². The summed E-state index contributed by atoms with van der Waals surface area (Å²) in [6, 6.07) is 0. The number of cyclic esters (lactones) is 1. The average molecular weight is 200 g/mol. The molecule has 0 saturated carbocycles. The van der Waals surface area contributed by atoms with Crippen LogP contribution in [-0.4, -0.2) is 28.6 Å². The second-order valence-corrected chi connectivity index (χ2v) is 3.68. The Bertz CT molecular complexity index is 269. The van der Waals surface area contributed by atoms with Gasteiger partial charge in [-0.05, 0) is 12.8 Å². The van der Waals surface area contributed by atoms with Crippen molar-refractivity contribution in [3.63, 3.8) is 0 Å². The molecule has 0 radical (unpaired) electrons. The average Bonchev–Trinajstić information content (AvgIpc) is 2.39. The summed E-state index contributed by atoms with van der Waals surface area (Å²) in [4.78, 5) is 11.3. The molecule has 0 aromatic rings. The molecule has 1 unspecified atom stereocenters. The molecule has 2 N–H and O–H groups in total. The summed E-state index contributed by atoms with van der Waals surface area (Å²) < 4.78 is 4.58. The van der Waals surface area contributed by atoms with E-state index in [0.29, 0.717) is 5.57 Å². The molecule has 3 atom stereocenters. The molecule has 0 aliphatic carbocycles. The van der Waals surface area contributed by atoms with Gasteiger partial charge in [0.05, 0.1) is 11.7 Å². The van der Waals surface area contributed by atoms with Gasteiger partial charge in [-0.1, -0.05) is 20.3 Å². The Kier molecular flexibility index (Phi) is 3.29. The number of carbonyl (C=O) groups is 1. The monoisotopic (exact) mass is 200 g/mol. The molecule has 1 aliphatic heterocycles. The van der Waals surface area contributed by atoms with E-state index in [-0.39, 0.29) is 11.5 Å². The maximum Gasteiger partial charge on any atom is 0.339 e. The van der Waals surface area contributed by atoms with E-state index < -0.39 is 18.4 Å². The zero-order chi connectivity index (χ0) is 10.9. The number of aliphatic hydroxyl groups is 2. The van der Waals surface area contributed by atoms with Crippen LogP contribution in [0.1, 0.15) is 27.2 Å². The van der Waals surface area contributed by atoms with Crippen molar-refractivity contribution < 1.29 is 19.7 Å². The fourth-order valence-corrected chi connectivity index (χ4v) is 1.41. The zero-order valence-corrected chi connectivity index (χ0v) is 8.65. The van der Waals surface area contributed by atoms with Gasteiger partial charge in [0.25, 0.3) is 0 Å². The van der Waals surface area contributed by atoms with Crippen LogP contribution >= 0.6 is 0 Å². The Labute approximate surface area is 83.2 Å². The number of rotatable bonds is 3. The molecule has 1 rings (SSSR count). The second kappa shape index (κ2) is 4.11. The van der Waals surface area contributed by atoms with Crippen LogP contribution in [0.3, 0.4) is 0 Å². The third-order valence-electron chi connectivity index (χ3n) is 2.71. The van der Waals surface area contributed by atoms with Gasteiger partial charge < -0.3 is 14.9 Å². The first-order valence-corrected chi connectivity index (χ1v) is 4.76. The highest BCUT2D eigenvalue weighted by Gasteiger charge is 2.35. The highest BCUT2D eigenvalue weighted by atomic mass is 16.6. The molecule has 14 heavy (non-hydrogen) atoms. The Morgan fingerprint density at radius 2 is 2.14 bits per heavy atom. The summed E-state index contributed by atoms with van der Waals surface area (Å²) in [5.74, 6) is -0.624. The minimum atomic E-state index is -1.18. The largest absolute Gasteiger partial charge is 0.428 e. The molecule has 0 aromatic heterocycles. The van der Waals surface area contributed by atoms with E-state index in [4.69, 9.17) is 0 Å². The minimum Gasteiger partial charge on any atom is -0.428 e. The van der Waals surface area contributed by atoms with Crippen molar-refractivity contribution in [3.05, 3.63) is 11.1 Å². The number of esters is 1. The van der Waals surface area contributed by atoms with E-state index in [1.165, 1.54) is 0 Å². The Balaban J connectivity index is 2.90. The van der Waals surface area contributed by atoms with Gasteiger partial charge in [0.1, 0.15) is 0 Å². The molecular formula is C10H16O4. The van der Waals surface area contributed by atoms with Crippen molar-refractivity contribution >= 4 is 5.97 Å². The predicted octanol–water partition coefficient (Wildman–Crippen LogP) is 0.585. The van der Waals surface area contributed by atoms with Crippen molar-refractivity contribution in [2.75, 3.05) is 0 Å². The van der Waals surface area contributed by atoms with Crippen molar-refractivity contribution in [2.24, 2.45) is 5.92 Å². The molecular weight excluding hydrogens is 184 g/mol. The van der Waals surface area contributed by atoms with Crippen LogP contribution < -0.4 is 0 Å². The standard InChI is InChI=1S/C10H16O4/c1-4-5(2)8(11)7-6(3)9(12)14-10(7)13/h5,8-9,11-12H,4H2,1-3H3/t5-,8+,9?/m0/s1. The zero-order valence-electron chi connectivity index (χ0n) is 8.65. The molecule has 4 heteroatoms. The van der Waals surface area contributed by atoms with Gasteiger partial charge >= 0.3 is 5.97 Å². The number of ether oxygens (including phenoxy) is 1. The molecule has 0 fully saturated rings. The summed E-state index contributed by atoms with van der Waals surface area (Å²) in [6.45, 7) is 5.37. The summed E-state index contributed by atoms with van der Waals surface area (Å²) in [5, 5.41) is 19.0. The molecule has 0 bridgehead atoms. The van der Waals surface area contributed by atoms with Gasteiger partial charge in [-0.25, -0.2) is 4.79 Å². The normalized spacial score (nSPS) is 26.4. The number of hydrogen-bond donors (Lipinski definition) is 2. The van der Waals surface area contributed by atoms with Crippen LogP contribution in [0, 0.1) is 5.92 Å². The number of hydrogen-bond acceptors (Lipinski definition) is 4. The Hall–Kier alpha value is -0.870. The van der Waals surface area contributed by atoms with Crippen LogP contribution in [0.4, 0.5) is 0 Å². The third-order valence-corrected chi connectivity index (χ3v) is 2.71. The van der Waals surface area contributed by atoms with Gasteiger partial charge in [-0.3, -0.25) is 0 Å². The molecule has 0 saturated heterocycles. The summed E-state index contributed by atoms with van der Waals surface area (Å²) in [7, 11) is 0. The smallest absolute Gasteiger partial charge is 0.339 e. The van der Waals surface area contributed by atoms with Crippen LogP contribution in [-0.2, 0) is 9.53 Å². The molecule has 0 aromatic carbocycles. The fraction of sp³-hybridized carbons (Fsp3) is 0.700. The first-order valence-electron chi connectivity index (χ1n) is 4.76. The van der Waals surface area contributed by atoms with E-state index in [2.05, 4.69) is 4.74 Å². The summed E-state index contributed by atoms with van der Waals surface area (Å²) >= 11 is 0. The number of aliphatic hydroxyl groups excluding tert-OH is 2. The maximum atomic E-state index is 11.3. The van der Waals surface area contributed by atoms with Crippen LogP contribution in [0.25, 0.3) is 0 Å². The molecule has 0 spiro atoms. The quantitative estimate of drug-likeness (QED) is 0.654. The van der Waals surface area contributed by atoms with Crippen LogP contribution in [0.2, 0.25) is 0 Å². The van der Waals surface area contributed by atoms with E-state index in [0.717, 1.165) is 6.42 Å². The minimum absolute atomic E-state index is 0.0159. The lowest BCUT2D eigenvalue weighted by molar-refractivity contribution is -0.152. The van der Waals surface area contributed by atoms with Gasteiger partial charge in [0.15, 0.2) is 0 Å². The molecule has 1 heterocycles. The Morgan fingerprint density at radius 3 is 2.50 bits per heavy atom. The lowest BCUT2D eigenvalue weighted by Gasteiger charge is -2.16. The first-order chi connectivity index (χ1) is 6.49. The summed E-state index contributed by atoms with van der Waals surface area (Å²) in [6.07, 6.45) is -1.26. The lowest BCUT2D eigenvalue weighted by atomic mass is 9.93. The van der Waals surface area contributed by atoms with Crippen molar-refractivity contribution in [2.45, 2.75) is 39.6 Å². The van der Waals surface area contributed by atoms with E-state index in [1.54, 1.807) is 6.92 Å². The van der Waals surface area contributed by atoms with E-state index in [1.807, 2.05) is 13.8 Å². The number of carbonyl (C=O) groups excluding carboxylic acids is 1. The molecule has 4 nitrogen and oxygen atoms in total. The predicted molar refractivity (Wildman–Crippen MR) is 50.3 cm³/mol. The molecule has 80 valence electrons. The van der Waals surface area contributed by atoms with Gasteiger partial charge in [-0.15, -0.1) is 0 Å². The molecule has 1 aliphatic rings. The highest BCUT2D eigenvalue weighted by molar-refractivity contribution is 5.93. The third kappa shape index (κ3) is 1.81. The topological polar surface area (TPSA) is 66.8 Å². The van der Waals surface area contributed by atoms with Crippen molar-refractivity contribution in [1.82, 2.24) is 0 Å². The van der Waals surface area contributed by atoms with Crippen LogP contribution in [0.5, 0.6) is 0 Å². The van der Waals surface area contributed by atoms with Crippen molar-refractivity contribution in [1.29, 1.82) is 0 Å². The highest BCUT2D eigenvalue weighted by Crippen LogP contribution is 2.27. The van der Waals surface area contributed by atoms with Crippen LogP contribution in [0.15, 0.2) is 11.1 Å². The second-order valence-electron chi connectivity index (χ2n) is 3.68. The van der Waals surface area contributed by atoms with Crippen molar-refractivity contribution in [3.8, 4) is 0 Å².